The van der Waals surface area contributed by atoms with Crippen LogP contribution in [0.3, 0.4) is 0 Å². The van der Waals surface area contributed by atoms with Crippen LogP contribution in [0.5, 0.6) is 0 Å². The molecule has 4 N–H and O–H groups in total. The third kappa shape index (κ3) is 21.8. The van der Waals surface area contributed by atoms with E-state index in [9.17, 15) is 0 Å². The highest BCUT2D eigenvalue weighted by molar-refractivity contribution is 4.52. The van der Waals surface area contributed by atoms with Crippen LogP contribution in [0.1, 0.15) is 64.7 Å². The highest BCUT2D eigenvalue weighted by Crippen LogP contribution is 2.08. The first kappa shape index (κ1) is 22.8. The van der Waals surface area contributed by atoms with Crippen molar-refractivity contribution < 1.29 is 14.8 Å². The number of hydrogen-bond acceptors (Lipinski definition) is 6. The summed E-state index contributed by atoms with van der Waals surface area (Å²) in [5.74, 6) is 0. The van der Waals surface area contributed by atoms with Gasteiger partial charge in [0.2, 0.25) is 0 Å². The van der Waals surface area contributed by atoms with E-state index in [-0.39, 0.29) is 0 Å². The molecule has 0 aliphatic carbocycles. The Morgan fingerprint density at radius 1 is 0.652 bits per heavy atom. The molecule has 0 aliphatic rings. The van der Waals surface area contributed by atoms with E-state index in [2.05, 4.69) is 17.6 Å². The highest BCUT2D eigenvalue weighted by atomic mass is 17.5. The maximum absolute atomic E-state index is 5.38. The van der Waals surface area contributed by atoms with Gasteiger partial charge in [-0.15, -0.1) is 0 Å². The molecule has 6 nitrogen and oxygen atoms in total. The highest BCUT2D eigenvalue weighted by Gasteiger charge is 1.94. The van der Waals surface area contributed by atoms with Crippen molar-refractivity contribution in [1.29, 1.82) is 0 Å². The Morgan fingerprint density at radius 2 is 1.22 bits per heavy atom. The van der Waals surface area contributed by atoms with Crippen LogP contribution in [0.4, 0.5) is 0 Å². The van der Waals surface area contributed by atoms with Crippen LogP contribution in [0.25, 0.3) is 0 Å². The van der Waals surface area contributed by atoms with Crippen LogP contribution >= 0.6 is 0 Å². The molecule has 0 saturated carbocycles. The van der Waals surface area contributed by atoms with Crippen LogP contribution < -0.4 is 16.4 Å². The van der Waals surface area contributed by atoms with Crippen molar-refractivity contribution in [2.24, 2.45) is 5.73 Å². The molecule has 0 unspecified atom stereocenters. The van der Waals surface area contributed by atoms with E-state index in [0.717, 1.165) is 39.0 Å². The zero-order chi connectivity index (χ0) is 16.8. The van der Waals surface area contributed by atoms with E-state index in [1.54, 1.807) is 0 Å². The molecule has 0 heterocycles. The van der Waals surface area contributed by atoms with Gasteiger partial charge >= 0.3 is 0 Å². The zero-order valence-electron chi connectivity index (χ0n) is 15.1. The van der Waals surface area contributed by atoms with Crippen molar-refractivity contribution in [2.75, 3.05) is 45.9 Å². The summed E-state index contributed by atoms with van der Waals surface area (Å²) in [5, 5.41) is 11.2. The van der Waals surface area contributed by atoms with Crippen LogP contribution in [0, 0.1) is 0 Å². The molecule has 0 amide bonds. The second-order valence-corrected chi connectivity index (χ2v) is 5.83. The summed E-state index contributed by atoms with van der Waals surface area (Å²) >= 11 is 0. The lowest BCUT2D eigenvalue weighted by atomic mass is 10.1. The molecule has 0 aromatic rings. The van der Waals surface area contributed by atoms with Crippen LogP contribution in [-0.4, -0.2) is 45.9 Å². The molecule has 0 radical (unpaired) electrons. The maximum Gasteiger partial charge on any atom is 0.0865 e. The Morgan fingerprint density at radius 3 is 1.87 bits per heavy atom. The Balaban J connectivity index is 2.92. The van der Waals surface area contributed by atoms with Crippen LogP contribution in [-0.2, 0) is 14.8 Å². The van der Waals surface area contributed by atoms with Crippen molar-refractivity contribution in [2.45, 2.75) is 64.7 Å². The van der Waals surface area contributed by atoms with E-state index in [4.69, 9.17) is 20.5 Å². The number of rotatable bonds is 20. The van der Waals surface area contributed by atoms with Gasteiger partial charge in [-0.1, -0.05) is 56.9 Å². The number of hydrogen-bond donors (Lipinski definition) is 3. The third-order valence-electron chi connectivity index (χ3n) is 3.56. The number of nitrogens with one attached hydrogen (secondary N) is 2. The summed E-state index contributed by atoms with van der Waals surface area (Å²) in [4.78, 5) is 9.94. The Labute approximate surface area is 142 Å². The standard InChI is InChI=1S/C17H39N3O3/c1-2-3-4-5-6-7-8-9-16-21-23-22-17-10-12-19-14-15-20-13-11-18/h19-20H,2-18H2,1H3. The Kier molecular flexibility index (Phi) is 21.5. The van der Waals surface area contributed by atoms with Gasteiger partial charge in [-0.05, 0) is 19.4 Å². The van der Waals surface area contributed by atoms with Gasteiger partial charge in [0.25, 0.3) is 0 Å². The lowest BCUT2D eigenvalue weighted by Crippen LogP contribution is -2.31. The lowest BCUT2D eigenvalue weighted by molar-refractivity contribution is -0.512. The molecule has 0 atom stereocenters. The first-order valence-corrected chi connectivity index (χ1v) is 9.44. The molecule has 0 aromatic heterocycles. The third-order valence-corrected chi connectivity index (χ3v) is 3.56. The van der Waals surface area contributed by atoms with Crippen molar-refractivity contribution in [1.82, 2.24) is 10.6 Å². The molecular formula is C17H39N3O3. The average molecular weight is 334 g/mol. The first-order valence-electron chi connectivity index (χ1n) is 9.44. The first-order chi connectivity index (χ1) is 11.4. The van der Waals surface area contributed by atoms with Crippen molar-refractivity contribution >= 4 is 0 Å². The fourth-order valence-electron chi connectivity index (χ4n) is 2.18. The fourth-order valence-corrected chi connectivity index (χ4v) is 2.18. The second kappa shape index (κ2) is 21.8. The van der Waals surface area contributed by atoms with Crippen molar-refractivity contribution in [3.8, 4) is 0 Å². The Bertz CT molecular complexity index is 190. The minimum absolute atomic E-state index is 0.542. The molecule has 0 aliphatic heterocycles. The van der Waals surface area contributed by atoms with Crippen LogP contribution in [0.2, 0.25) is 0 Å². The molecule has 0 fully saturated rings. The summed E-state index contributed by atoms with van der Waals surface area (Å²) in [5.41, 5.74) is 5.38. The van der Waals surface area contributed by atoms with E-state index in [0.29, 0.717) is 19.8 Å². The molecule has 0 spiro atoms. The smallest absolute Gasteiger partial charge is 0.0865 e. The number of nitrogens with two attached hydrogens (primary N) is 1. The normalized spacial score (nSPS) is 11.2. The fraction of sp³-hybridized carbons (Fsp3) is 1.00. The van der Waals surface area contributed by atoms with Gasteiger partial charge in [0.1, 0.15) is 0 Å². The van der Waals surface area contributed by atoms with Gasteiger partial charge in [-0.3, -0.25) is 0 Å². The molecule has 140 valence electrons. The minimum Gasteiger partial charge on any atom is -0.329 e. The molecule has 6 heteroatoms. The molecule has 0 saturated heterocycles. The molecule has 23 heavy (non-hydrogen) atoms. The van der Waals surface area contributed by atoms with E-state index >= 15 is 0 Å². The minimum atomic E-state index is 0.542. The van der Waals surface area contributed by atoms with E-state index in [1.807, 2.05) is 0 Å². The monoisotopic (exact) mass is 333 g/mol. The largest absolute Gasteiger partial charge is 0.329 e. The van der Waals surface area contributed by atoms with Gasteiger partial charge in [0.05, 0.1) is 13.2 Å². The summed E-state index contributed by atoms with van der Waals surface area (Å²) in [6, 6.07) is 0. The molecule has 0 bridgehead atoms. The summed E-state index contributed by atoms with van der Waals surface area (Å²) < 4.78 is 0. The predicted octanol–water partition coefficient (Wildman–Crippen LogP) is 2.53. The van der Waals surface area contributed by atoms with Gasteiger partial charge in [0, 0.05) is 26.2 Å². The van der Waals surface area contributed by atoms with Gasteiger partial charge < -0.3 is 16.4 Å². The quantitative estimate of drug-likeness (QED) is 0.181. The zero-order valence-corrected chi connectivity index (χ0v) is 15.1. The summed E-state index contributed by atoms with van der Waals surface area (Å²) in [7, 11) is 0. The molecule has 0 rings (SSSR count). The van der Waals surface area contributed by atoms with E-state index in [1.165, 1.54) is 44.9 Å². The van der Waals surface area contributed by atoms with E-state index < -0.39 is 0 Å². The topological polar surface area (TPSA) is 77.8 Å². The average Bonchev–Trinajstić information content (AvgIpc) is 2.57. The second-order valence-electron chi connectivity index (χ2n) is 5.83. The van der Waals surface area contributed by atoms with Crippen molar-refractivity contribution in [3.63, 3.8) is 0 Å². The number of unbranched alkanes of at least 4 members (excludes halogenated alkanes) is 7. The summed E-state index contributed by atoms with van der Waals surface area (Å²) in [6.07, 6.45) is 11.2. The van der Waals surface area contributed by atoms with Crippen LogP contribution in [0.15, 0.2) is 0 Å². The van der Waals surface area contributed by atoms with Crippen molar-refractivity contribution in [3.05, 3.63) is 0 Å². The molecule has 0 aromatic carbocycles. The SMILES string of the molecule is CCCCCCCCCCOOOCCCNCCNCCN. The maximum atomic E-state index is 5.38. The van der Waals surface area contributed by atoms with Gasteiger partial charge in [-0.25, -0.2) is 9.78 Å². The molecular weight excluding hydrogens is 294 g/mol. The summed E-state index contributed by atoms with van der Waals surface area (Å²) in [6.45, 7) is 7.75. The Hall–Kier alpha value is -0.240. The lowest BCUT2D eigenvalue weighted by Gasteiger charge is -2.06. The van der Waals surface area contributed by atoms with Gasteiger partial charge in [-0.2, -0.15) is 0 Å². The van der Waals surface area contributed by atoms with Gasteiger partial charge in [0.15, 0.2) is 0 Å². The predicted molar refractivity (Wildman–Crippen MR) is 95.0 cm³/mol.